The Balaban J connectivity index is 2.96. The lowest BCUT2D eigenvalue weighted by Gasteiger charge is -2.25. The zero-order chi connectivity index (χ0) is 18.4. The molecule has 1 aromatic rings. The van der Waals surface area contributed by atoms with Crippen molar-refractivity contribution in [3.8, 4) is 0 Å². The summed E-state index contributed by atoms with van der Waals surface area (Å²) in [5.41, 5.74) is 0.734. The van der Waals surface area contributed by atoms with Crippen molar-refractivity contribution in [1.82, 2.24) is 5.32 Å². The highest BCUT2D eigenvalue weighted by molar-refractivity contribution is 7.92. The van der Waals surface area contributed by atoms with Crippen LogP contribution in [0.2, 0.25) is 0 Å². The first-order chi connectivity index (χ1) is 11.0. The number of sulfonamides is 1. The number of ether oxygens (including phenoxy) is 1. The molecule has 0 heterocycles. The summed E-state index contributed by atoms with van der Waals surface area (Å²) in [4.78, 5) is 11.8. The van der Waals surface area contributed by atoms with E-state index in [4.69, 9.17) is 4.74 Å². The van der Waals surface area contributed by atoms with Gasteiger partial charge in [0.2, 0.25) is 10.0 Å². The molecule has 1 amide bonds. The summed E-state index contributed by atoms with van der Waals surface area (Å²) in [6.07, 6.45) is 2.32. The Morgan fingerprint density at radius 3 is 2.42 bits per heavy atom. The van der Waals surface area contributed by atoms with E-state index in [2.05, 4.69) is 5.32 Å². The lowest BCUT2D eigenvalue weighted by Crippen LogP contribution is -2.34. The van der Waals surface area contributed by atoms with Gasteiger partial charge in [0, 0.05) is 13.1 Å². The zero-order valence-electron chi connectivity index (χ0n) is 15.1. The van der Waals surface area contributed by atoms with Crippen LogP contribution in [0.1, 0.15) is 46.1 Å². The number of rotatable bonds is 7. The third kappa shape index (κ3) is 6.78. The van der Waals surface area contributed by atoms with E-state index >= 15 is 0 Å². The second kappa shape index (κ2) is 8.37. The molecule has 0 spiro atoms. The van der Waals surface area contributed by atoms with E-state index in [1.54, 1.807) is 39.0 Å². The van der Waals surface area contributed by atoms with Gasteiger partial charge in [-0.3, -0.25) is 4.31 Å². The summed E-state index contributed by atoms with van der Waals surface area (Å²) in [6, 6.07) is 7.16. The molecule has 0 saturated carbocycles. The first-order valence-corrected chi connectivity index (χ1v) is 9.92. The van der Waals surface area contributed by atoms with Crippen LogP contribution in [0.25, 0.3) is 0 Å². The van der Waals surface area contributed by atoms with Crippen LogP contribution in [0, 0.1) is 0 Å². The van der Waals surface area contributed by atoms with Crippen molar-refractivity contribution in [3.05, 3.63) is 29.8 Å². The van der Waals surface area contributed by atoms with Gasteiger partial charge in [0.15, 0.2) is 0 Å². The molecule has 1 aromatic carbocycles. The van der Waals surface area contributed by atoms with Crippen LogP contribution in [0.3, 0.4) is 0 Å². The second-order valence-corrected chi connectivity index (χ2v) is 8.58. The smallest absolute Gasteiger partial charge is 0.407 e. The second-order valence-electron chi connectivity index (χ2n) is 6.67. The van der Waals surface area contributed by atoms with Gasteiger partial charge in [0.1, 0.15) is 5.60 Å². The number of benzene rings is 1. The van der Waals surface area contributed by atoms with Gasteiger partial charge in [-0.25, -0.2) is 13.2 Å². The molecule has 7 heteroatoms. The van der Waals surface area contributed by atoms with Gasteiger partial charge in [0.05, 0.1) is 11.9 Å². The first kappa shape index (κ1) is 20.3. The predicted octanol–water partition coefficient (Wildman–Crippen LogP) is 3.28. The molecule has 0 fully saturated rings. The SMILES string of the molecule is CCCCN(c1ccccc1CNC(=O)OC(C)(C)C)S(C)(=O)=O. The fourth-order valence-electron chi connectivity index (χ4n) is 2.15. The Morgan fingerprint density at radius 2 is 1.88 bits per heavy atom. The van der Waals surface area contributed by atoms with Gasteiger partial charge in [-0.15, -0.1) is 0 Å². The van der Waals surface area contributed by atoms with Crippen LogP contribution < -0.4 is 9.62 Å². The molecule has 24 heavy (non-hydrogen) atoms. The minimum atomic E-state index is -3.39. The fourth-order valence-corrected chi connectivity index (χ4v) is 3.15. The van der Waals surface area contributed by atoms with Crippen LogP contribution in [-0.4, -0.2) is 32.9 Å². The minimum Gasteiger partial charge on any atom is -0.444 e. The molecule has 136 valence electrons. The van der Waals surface area contributed by atoms with E-state index in [0.29, 0.717) is 12.2 Å². The molecule has 1 N–H and O–H groups in total. The number of nitrogens with one attached hydrogen (secondary N) is 1. The molecule has 0 unspecified atom stereocenters. The van der Waals surface area contributed by atoms with Gasteiger partial charge in [-0.1, -0.05) is 31.5 Å². The average molecular weight is 356 g/mol. The molecular weight excluding hydrogens is 328 g/mol. The molecule has 0 aliphatic carbocycles. The average Bonchev–Trinajstić information content (AvgIpc) is 2.43. The molecule has 0 aliphatic heterocycles. The standard InChI is InChI=1S/C17H28N2O4S/c1-6-7-12-19(24(5,21)22)15-11-9-8-10-14(15)13-18-16(20)23-17(2,3)4/h8-11H,6-7,12-13H2,1-5H3,(H,18,20). The van der Waals surface area contributed by atoms with Gasteiger partial charge in [-0.2, -0.15) is 0 Å². The van der Waals surface area contributed by atoms with E-state index in [9.17, 15) is 13.2 Å². The van der Waals surface area contributed by atoms with Crippen LogP contribution in [0.4, 0.5) is 10.5 Å². The molecule has 1 rings (SSSR count). The fraction of sp³-hybridized carbons (Fsp3) is 0.588. The number of anilines is 1. The van der Waals surface area contributed by atoms with E-state index in [0.717, 1.165) is 18.4 Å². The highest BCUT2D eigenvalue weighted by Gasteiger charge is 2.20. The van der Waals surface area contributed by atoms with E-state index in [1.807, 2.05) is 13.0 Å². The summed E-state index contributed by atoms with van der Waals surface area (Å²) in [5, 5.41) is 2.68. The van der Waals surface area contributed by atoms with Crippen LogP contribution in [0.15, 0.2) is 24.3 Å². The highest BCUT2D eigenvalue weighted by atomic mass is 32.2. The van der Waals surface area contributed by atoms with Crippen molar-refractivity contribution in [2.75, 3.05) is 17.1 Å². The summed E-state index contributed by atoms with van der Waals surface area (Å²) >= 11 is 0. The monoisotopic (exact) mass is 356 g/mol. The first-order valence-electron chi connectivity index (χ1n) is 8.07. The van der Waals surface area contributed by atoms with Gasteiger partial charge < -0.3 is 10.1 Å². The lowest BCUT2D eigenvalue weighted by atomic mass is 10.1. The maximum absolute atomic E-state index is 12.1. The van der Waals surface area contributed by atoms with E-state index in [1.165, 1.54) is 10.6 Å². The number of unbranched alkanes of at least 4 members (excludes halogenated alkanes) is 1. The molecule has 0 aliphatic rings. The van der Waals surface area contributed by atoms with Crippen LogP contribution in [-0.2, 0) is 21.3 Å². The molecular formula is C17H28N2O4S. The number of carbonyl (C=O) groups is 1. The number of alkyl carbamates (subject to hydrolysis) is 1. The van der Waals surface area contributed by atoms with Gasteiger partial charge in [0.25, 0.3) is 0 Å². The number of carbonyl (C=O) groups excluding carboxylic acids is 1. The molecule has 0 bridgehead atoms. The largest absolute Gasteiger partial charge is 0.444 e. The van der Waals surface area contributed by atoms with Crippen molar-refractivity contribution in [2.45, 2.75) is 52.7 Å². The zero-order valence-corrected chi connectivity index (χ0v) is 15.9. The Bertz CT molecular complexity index is 651. The van der Waals surface area contributed by atoms with Crippen molar-refractivity contribution >= 4 is 21.8 Å². The Hall–Kier alpha value is -1.76. The molecule has 6 nitrogen and oxygen atoms in total. The van der Waals surface area contributed by atoms with Crippen LogP contribution >= 0.6 is 0 Å². The van der Waals surface area contributed by atoms with Crippen molar-refractivity contribution < 1.29 is 17.9 Å². The van der Waals surface area contributed by atoms with Crippen molar-refractivity contribution in [3.63, 3.8) is 0 Å². The number of amides is 1. The highest BCUT2D eigenvalue weighted by Crippen LogP contribution is 2.23. The summed E-state index contributed by atoms with van der Waals surface area (Å²) in [6.45, 7) is 7.99. The molecule has 0 saturated heterocycles. The maximum atomic E-state index is 12.1. The Kier molecular flexibility index (Phi) is 7.08. The Labute approximate surface area is 145 Å². The lowest BCUT2D eigenvalue weighted by molar-refractivity contribution is 0.0523. The normalized spacial score (nSPS) is 11.9. The topological polar surface area (TPSA) is 75.7 Å². The van der Waals surface area contributed by atoms with E-state index in [-0.39, 0.29) is 6.54 Å². The van der Waals surface area contributed by atoms with Crippen LogP contribution in [0.5, 0.6) is 0 Å². The Morgan fingerprint density at radius 1 is 1.25 bits per heavy atom. The van der Waals surface area contributed by atoms with Gasteiger partial charge >= 0.3 is 6.09 Å². The molecule has 0 aromatic heterocycles. The molecule has 0 radical (unpaired) electrons. The summed E-state index contributed by atoms with van der Waals surface area (Å²) in [5.74, 6) is 0. The summed E-state index contributed by atoms with van der Waals surface area (Å²) in [7, 11) is -3.39. The third-order valence-corrected chi connectivity index (χ3v) is 4.38. The third-order valence-electron chi connectivity index (χ3n) is 3.20. The molecule has 0 atom stereocenters. The number of para-hydroxylation sites is 1. The maximum Gasteiger partial charge on any atom is 0.407 e. The number of nitrogens with zero attached hydrogens (tertiary/aromatic N) is 1. The number of hydrogen-bond donors (Lipinski definition) is 1. The predicted molar refractivity (Wildman–Crippen MR) is 96.6 cm³/mol. The van der Waals surface area contributed by atoms with Gasteiger partial charge in [-0.05, 0) is 38.8 Å². The van der Waals surface area contributed by atoms with Crippen molar-refractivity contribution in [1.29, 1.82) is 0 Å². The van der Waals surface area contributed by atoms with Crippen molar-refractivity contribution in [2.24, 2.45) is 0 Å². The summed E-state index contributed by atoms with van der Waals surface area (Å²) < 4.78 is 30.9. The minimum absolute atomic E-state index is 0.198. The quantitative estimate of drug-likeness (QED) is 0.813. The number of hydrogen-bond acceptors (Lipinski definition) is 4. The van der Waals surface area contributed by atoms with E-state index < -0.39 is 21.7 Å².